The van der Waals surface area contributed by atoms with Gasteiger partial charge in [0.15, 0.2) is 10.8 Å². The summed E-state index contributed by atoms with van der Waals surface area (Å²) in [5, 5.41) is 18.1. The Morgan fingerprint density at radius 3 is 2.71 bits per heavy atom. The Morgan fingerprint density at radius 2 is 2.10 bits per heavy atom. The maximum Gasteiger partial charge on any atom is 0.327 e. The molecule has 0 radical (unpaired) electrons. The summed E-state index contributed by atoms with van der Waals surface area (Å²) in [5.41, 5.74) is 6.04. The summed E-state index contributed by atoms with van der Waals surface area (Å²) < 4.78 is -0.679. The van der Waals surface area contributed by atoms with Gasteiger partial charge in [-0.2, -0.15) is 0 Å². The highest BCUT2D eigenvalue weighted by Gasteiger charge is 2.59. The van der Waals surface area contributed by atoms with Gasteiger partial charge in [-0.1, -0.05) is 5.16 Å². The summed E-state index contributed by atoms with van der Waals surface area (Å²) >= 11 is 2.57. The van der Waals surface area contributed by atoms with Gasteiger partial charge in [0.05, 0.1) is 11.4 Å². The summed E-state index contributed by atoms with van der Waals surface area (Å²) in [6.45, 7) is 3.59. The molecule has 1 aromatic rings. The summed E-state index contributed by atoms with van der Waals surface area (Å²) in [6, 6.07) is -1.50. The minimum atomic E-state index is -1.05. The monoisotopic (exact) mass is 467 g/mol. The molecular weight excluding hydrogens is 442 g/mol. The lowest BCUT2D eigenvalue weighted by molar-refractivity contribution is -0.148. The van der Waals surface area contributed by atoms with Gasteiger partial charge < -0.3 is 25.9 Å². The van der Waals surface area contributed by atoms with Crippen LogP contribution in [0.4, 0.5) is 5.13 Å². The molecule has 31 heavy (non-hydrogen) atoms. The highest BCUT2D eigenvalue weighted by molar-refractivity contribution is 8.01. The highest BCUT2D eigenvalue weighted by atomic mass is 32.2. The number of thioether (sulfide) groups is 1. The number of carbonyl (C=O) groups is 3. The van der Waals surface area contributed by atoms with Crippen LogP contribution >= 0.6 is 23.1 Å². The van der Waals surface area contributed by atoms with Gasteiger partial charge in [-0.3, -0.25) is 9.59 Å². The first-order chi connectivity index (χ1) is 14.7. The van der Waals surface area contributed by atoms with Gasteiger partial charge in [0.2, 0.25) is 5.91 Å². The number of aliphatic carboxylic acids is 1. The number of nitrogens with zero attached hydrogens (tertiary/aromatic N) is 3. The van der Waals surface area contributed by atoms with Crippen LogP contribution < -0.4 is 11.1 Å². The normalized spacial score (nSPS) is 28.1. The average molecular weight is 468 g/mol. The number of carbonyl (C=O) groups excluding carboxylic acids is 2. The van der Waals surface area contributed by atoms with Crippen LogP contribution in [0, 0.1) is 0 Å². The number of nitrogens with one attached hydrogen (secondary N) is 1. The second-order valence-electron chi connectivity index (χ2n) is 8.46. The average Bonchev–Trinajstić information content (AvgIpc) is 3.43. The molecule has 3 fully saturated rings. The van der Waals surface area contributed by atoms with E-state index in [9.17, 15) is 19.5 Å². The first-order valence-corrected chi connectivity index (χ1v) is 11.9. The molecule has 0 aromatic carbocycles. The molecule has 10 nitrogen and oxygen atoms in total. The predicted molar refractivity (Wildman–Crippen MR) is 117 cm³/mol. The fourth-order valence-corrected chi connectivity index (χ4v) is 6.56. The lowest BCUT2D eigenvalue weighted by Crippen LogP contribution is -2.49. The second-order valence-corrected chi connectivity index (χ2v) is 11.1. The maximum atomic E-state index is 13.1. The van der Waals surface area contributed by atoms with Gasteiger partial charge in [0.25, 0.3) is 5.91 Å². The van der Waals surface area contributed by atoms with Crippen molar-refractivity contribution in [3.05, 3.63) is 11.1 Å². The molecule has 4 rings (SSSR count). The van der Waals surface area contributed by atoms with Crippen LogP contribution in [0.5, 0.6) is 0 Å². The lowest BCUT2D eigenvalue weighted by atomic mass is 10.0. The van der Waals surface area contributed by atoms with E-state index < -0.39 is 34.1 Å². The van der Waals surface area contributed by atoms with Gasteiger partial charge in [-0.25, -0.2) is 9.78 Å². The molecule has 2 aliphatic heterocycles. The molecule has 2 amide bonds. The van der Waals surface area contributed by atoms with Crippen molar-refractivity contribution in [3.8, 4) is 0 Å². The van der Waals surface area contributed by atoms with Crippen molar-refractivity contribution < 1.29 is 24.3 Å². The molecule has 3 unspecified atom stereocenters. The van der Waals surface area contributed by atoms with Crippen molar-refractivity contribution in [1.82, 2.24) is 15.2 Å². The largest absolute Gasteiger partial charge is 0.480 e. The van der Waals surface area contributed by atoms with Crippen LogP contribution in [-0.4, -0.2) is 66.8 Å². The second kappa shape index (κ2) is 8.30. The van der Waals surface area contributed by atoms with E-state index >= 15 is 0 Å². The number of carboxylic acids is 1. The van der Waals surface area contributed by atoms with E-state index in [1.54, 1.807) is 19.2 Å². The van der Waals surface area contributed by atoms with E-state index in [1.165, 1.54) is 28.0 Å². The molecule has 3 atom stereocenters. The number of thiazole rings is 1. The van der Waals surface area contributed by atoms with Gasteiger partial charge in [0, 0.05) is 16.5 Å². The number of hydrogen-bond donors (Lipinski definition) is 3. The quantitative estimate of drug-likeness (QED) is 0.420. The van der Waals surface area contributed by atoms with E-state index in [1.807, 2.05) is 0 Å². The Balaban J connectivity index is 1.54. The van der Waals surface area contributed by atoms with Crippen LogP contribution in [0.2, 0.25) is 0 Å². The Bertz CT molecular complexity index is 927. The molecule has 12 heteroatoms. The Hall–Kier alpha value is -2.34. The van der Waals surface area contributed by atoms with Crippen LogP contribution in [-0.2, 0) is 19.2 Å². The SMILES string of the molecule is CC1(C)SC2C(NC(=O)C(=NOC3CCCC3)c3csc(N)n3)CC(=O)N2C1C(=O)O. The number of anilines is 1. The van der Waals surface area contributed by atoms with E-state index in [-0.39, 0.29) is 24.1 Å². The zero-order valence-corrected chi connectivity index (χ0v) is 18.9. The van der Waals surface area contributed by atoms with Crippen molar-refractivity contribution in [1.29, 1.82) is 0 Å². The summed E-state index contributed by atoms with van der Waals surface area (Å²) in [7, 11) is 0. The van der Waals surface area contributed by atoms with Crippen molar-refractivity contribution in [2.75, 3.05) is 5.73 Å². The van der Waals surface area contributed by atoms with Gasteiger partial charge in [-0.15, -0.1) is 23.1 Å². The number of nitrogens with two attached hydrogens (primary N) is 1. The zero-order chi connectivity index (χ0) is 22.3. The molecule has 1 aromatic heterocycles. The third kappa shape index (κ3) is 4.22. The number of amides is 2. The molecular formula is C19H25N5O5S2. The smallest absolute Gasteiger partial charge is 0.327 e. The number of hydrogen-bond acceptors (Lipinski definition) is 9. The van der Waals surface area contributed by atoms with Crippen LogP contribution in [0.1, 0.15) is 51.6 Å². The topological polar surface area (TPSA) is 147 Å². The van der Waals surface area contributed by atoms with Gasteiger partial charge in [0.1, 0.15) is 17.8 Å². The van der Waals surface area contributed by atoms with Crippen LogP contribution in [0.15, 0.2) is 10.5 Å². The highest BCUT2D eigenvalue weighted by Crippen LogP contribution is 2.49. The molecule has 0 spiro atoms. The molecule has 3 aliphatic rings. The standard InChI is InChI=1S/C19H25N5O5S2/c1-19(2)14(17(27)28)24-12(25)7-10(16(24)31-19)21-15(26)13(11-8-30-18(20)22-11)23-29-9-5-3-4-6-9/h8-10,14,16H,3-7H2,1-2H3,(H2,20,22)(H,21,26)(H,27,28). The Kier molecular flexibility index (Phi) is 5.86. The van der Waals surface area contributed by atoms with Crippen molar-refractivity contribution >= 4 is 51.7 Å². The van der Waals surface area contributed by atoms with E-state index in [4.69, 9.17) is 10.6 Å². The molecule has 1 aliphatic carbocycles. The molecule has 3 heterocycles. The van der Waals surface area contributed by atoms with Gasteiger partial charge >= 0.3 is 5.97 Å². The van der Waals surface area contributed by atoms with Crippen LogP contribution in [0.3, 0.4) is 0 Å². The number of rotatable bonds is 6. The van der Waals surface area contributed by atoms with Crippen LogP contribution in [0.25, 0.3) is 0 Å². The molecule has 4 N–H and O–H groups in total. The number of aromatic nitrogens is 1. The number of carboxylic acid groups (broad SMARTS) is 1. The first kappa shape index (κ1) is 21.9. The molecule has 168 valence electrons. The number of fused-ring (bicyclic) bond motifs is 1. The summed E-state index contributed by atoms with van der Waals surface area (Å²) in [5.74, 6) is -1.87. The summed E-state index contributed by atoms with van der Waals surface area (Å²) in [6.07, 6.45) is 3.88. The van der Waals surface area contributed by atoms with E-state index in [0.717, 1.165) is 25.7 Å². The Morgan fingerprint density at radius 1 is 1.39 bits per heavy atom. The lowest BCUT2D eigenvalue weighted by Gasteiger charge is -2.26. The number of nitrogen functional groups attached to an aromatic ring is 1. The number of oxime groups is 1. The maximum absolute atomic E-state index is 13.1. The minimum Gasteiger partial charge on any atom is -0.480 e. The minimum absolute atomic E-state index is 0.00258. The van der Waals surface area contributed by atoms with Gasteiger partial charge in [-0.05, 0) is 39.5 Å². The third-order valence-electron chi connectivity index (χ3n) is 5.79. The molecule has 1 saturated carbocycles. The third-order valence-corrected chi connectivity index (χ3v) is 8.09. The van der Waals surface area contributed by atoms with Crippen molar-refractivity contribution in [2.45, 2.75) is 74.3 Å². The van der Waals surface area contributed by atoms with Crippen molar-refractivity contribution in [2.24, 2.45) is 5.16 Å². The fraction of sp³-hybridized carbons (Fsp3) is 0.632. The zero-order valence-electron chi connectivity index (χ0n) is 17.2. The Labute approximate surface area is 187 Å². The summed E-state index contributed by atoms with van der Waals surface area (Å²) in [4.78, 5) is 48.7. The van der Waals surface area contributed by atoms with Crippen molar-refractivity contribution in [3.63, 3.8) is 0 Å². The molecule has 2 saturated heterocycles. The molecule has 0 bridgehead atoms. The van der Waals surface area contributed by atoms with E-state index in [2.05, 4.69) is 15.5 Å². The predicted octanol–water partition coefficient (Wildman–Crippen LogP) is 1.41. The fourth-order valence-electron chi connectivity index (χ4n) is 4.37. The first-order valence-electron chi connectivity index (χ1n) is 10.1. The van der Waals surface area contributed by atoms with E-state index in [0.29, 0.717) is 10.8 Å².